The molecule has 0 aliphatic heterocycles. The highest BCUT2D eigenvalue weighted by atomic mass is 33.1. The molecule has 1 rings (SSSR count). The molecule has 3 nitrogen and oxygen atoms in total. The molecule has 0 aromatic heterocycles. The summed E-state index contributed by atoms with van der Waals surface area (Å²) in [5.41, 5.74) is 0.836. The van der Waals surface area contributed by atoms with Gasteiger partial charge in [0.1, 0.15) is 11.6 Å². The van der Waals surface area contributed by atoms with Crippen LogP contribution in [-0.2, 0) is 16.0 Å². The summed E-state index contributed by atoms with van der Waals surface area (Å²) < 4.78 is 31.9. The SMILES string of the molecule is C=CC(SS)=C(F)C=C(C)C(=O)OCCc1ccc(F)cc1C#N. The van der Waals surface area contributed by atoms with E-state index >= 15 is 0 Å². The van der Waals surface area contributed by atoms with E-state index in [0.29, 0.717) is 5.56 Å². The summed E-state index contributed by atoms with van der Waals surface area (Å²) in [6, 6.07) is 5.70. The molecule has 0 heterocycles. The summed E-state index contributed by atoms with van der Waals surface area (Å²) in [7, 11) is 0.875. The molecule has 24 heavy (non-hydrogen) atoms. The number of benzene rings is 1. The standard InChI is InChI=1S/C17H15F2NO2S2/c1-3-16(24-23)15(19)8-11(2)17(21)22-7-6-12-4-5-14(18)9-13(12)10-20/h3-5,8-9,23H,1,6-7H2,2H3. The first-order valence-electron chi connectivity index (χ1n) is 6.80. The Balaban J connectivity index is 2.69. The molecule has 126 valence electrons. The lowest BCUT2D eigenvalue weighted by Crippen LogP contribution is -2.09. The molecule has 0 saturated carbocycles. The number of hydrogen-bond donors (Lipinski definition) is 1. The minimum atomic E-state index is -0.682. The van der Waals surface area contributed by atoms with E-state index in [9.17, 15) is 13.6 Å². The molecule has 0 unspecified atom stereocenters. The van der Waals surface area contributed by atoms with Crippen molar-refractivity contribution in [2.24, 2.45) is 0 Å². The molecular weight excluding hydrogens is 352 g/mol. The van der Waals surface area contributed by atoms with Gasteiger partial charge in [-0.1, -0.05) is 29.5 Å². The highest BCUT2D eigenvalue weighted by molar-refractivity contribution is 8.70. The Labute approximate surface area is 148 Å². The third kappa shape index (κ3) is 5.87. The van der Waals surface area contributed by atoms with Gasteiger partial charge in [-0.05, 0) is 30.7 Å². The number of hydrogen-bond acceptors (Lipinski definition) is 5. The minimum absolute atomic E-state index is 0.00864. The maximum absolute atomic E-state index is 13.8. The van der Waals surface area contributed by atoms with Crippen molar-refractivity contribution in [1.29, 1.82) is 5.26 Å². The van der Waals surface area contributed by atoms with Crippen molar-refractivity contribution >= 4 is 28.4 Å². The first-order chi connectivity index (χ1) is 11.4. The number of halogens is 2. The van der Waals surface area contributed by atoms with Crippen LogP contribution in [0.2, 0.25) is 0 Å². The van der Waals surface area contributed by atoms with Crippen molar-refractivity contribution in [1.82, 2.24) is 0 Å². The normalized spacial score (nSPS) is 12.2. The monoisotopic (exact) mass is 367 g/mol. The third-order valence-corrected chi connectivity index (χ3v) is 4.13. The van der Waals surface area contributed by atoms with Gasteiger partial charge < -0.3 is 4.74 Å². The fourth-order valence-electron chi connectivity index (χ4n) is 1.74. The molecule has 1 aromatic rings. The number of ether oxygens (including phenoxy) is 1. The van der Waals surface area contributed by atoms with Gasteiger partial charge in [-0.15, -0.1) is 11.7 Å². The van der Waals surface area contributed by atoms with Gasteiger partial charge >= 0.3 is 5.97 Å². The summed E-state index contributed by atoms with van der Waals surface area (Å²) in [5.74, 6) is -1.82. The first-order valence-corrected chi connectivity index (χ1v) is 8.67. The molecule has 0 aliphatic carbocycles. The van der Waals surface area contributed by atoms with Crippen LogP contribution in [0.5, 0.6) is 0 Å². The Hall–Kier alpha value is -2.04. The molecule has 0 radical (unpaired) electrons. The van der Waals surface area contributed by atoms with E-state index in [4.69, 9.17) is 10.00 Å². The molecule has 0 saturated heterocycles. The van der Waals surface area contributed by atoms with Crippen LogP contribution >= 0.6 is 22.5 Å². The summed E-state index contributed by atoms with van der Waals surface area (Å²) in [6.45, 7) is 4.86. The Morgan fingerprint density at radius 3 is 2.83 bits per heavy atom. The van der Waals surface area contributed by atoms with Crippen molar-refractivity contribution in [2.45, 2.75) is 13.3 Å². The summed E-state index contributed by atoms with van der Waals surface area (Å²) in [4.78, 5) is 12.0. The van der Waals surface area contributed by atoms with Gasteiger partial charge in [0.25, 0.3) is 0 Å². The van der Waals surface area contributed by atoms with Crippen LogP contribution in [0.4, 0.5) is 8.78 Å². The highest BCUT2D eigenvalue weighted by Crippen LogP contribution is 2.26. The topological polar surface area (TPSA) is 50.1 Å². The van der Waals surface area contributed by atoms with E-state index in [1.165, 1.54) is 25.1 Å². The Bertz CT molecular complexity index is 737. The van der Waals surface area contributed by atoms with E-state index in [1.54, 1.807) is 0 Å². The lowest BCUT2D eigenvalue weighted by molar-refractivity contribution is -0.138. The molecule has 1 aromatic carbocycles. The average Bonchev–Trinajstić information content (AvgIpc) is 2.56. The number of nitriles is 1. The van der Waals surface area contributed by atoms with Gasteiger partial charge in [0.15, 0.2) is 0 Å². The lowest BCUT2D eigenvalue weighted by atomic mass is 10.1. The smallest absolute Gasteiger partial charge is 0.333 e. The predicted molar refractivity (Wildman–Crippen MR) is 94.4 cm³/mol. The van der Waals surface area contributed by atoms with Gasteiger partial charge in [-0.2, -0.15) is 5.26 Å². The van der Waals surface area contributed by atoms with Crippen molar-refractivity contribution in [3.05, 3.63) is 70.2 Å². The lowest BCUT2D eigenvalue weighted by Gasteiger charge is -2.07. The second kappa shape index (κ2) is 9.96. The van der Waals surface area contributed by atoms with E-state index in [0.717, 1.165) is 22.9 Å². The van der Waals surface area contributed by atoms with Gasteiger partial charge in [0.05, 0.1) is 23.1 Å². The number of rotatable bonds is 7. The zero-order valence-electron chi connectivity index (χ0n) is 12.9. The maximum Gasteiger partial charge on any atom is 0.333 e. The molecule has 0 spiro atoms. The second-order valence-electron chi connectivity index (χ2n) is 4.63. The summed E-state index contributed by atoms with van der Waals surface area (Å²) in [5, 5.41) is 8.94. The Morgan fingerprint density at radius 2 is 2.25 bits per heavy atom. The highest BCUT2D eigenvalue weighted by Gasteiger charge is 2.10. The fraction of sp³-hybridized carbons (Fsp3) is 0.176. The minimum Gasteiger partial charge on any atom is -0.462 e. The number of allylic oxidation sites excluding steroid dienone is 3. The van der Waals surface area contributed by atoms with Crippen LogP contribution in [0.25, 0.3) is 0 Å². The van der Waals surface area contributed by atoms with Crippen molar-refractivity contribution in [3.63, 3.8) is 0 Å². The molecule has 0 atom stereocenters. The number of carbonyl (C=O) groups is 1. The van der Waals surface area contributed by atoms with Crippen molar-refractivity contribution < 1.29 is 18.3 Å². The van der Waals surface area contributed by atoms with Crippen LogP contribution in [0.3, 0.4) is 0 Å². The van der Waals surface area contributed by atoms with Gasteiger partial charge in [0.2, 0.25) is 0 Å². The molecule has 0 bridgehead atoms. The largest absolute Gasteiger partial charge is 0.462 e. The van der Waals surface area contributed by atoms with E-state index in [-0.39, 0.29) is 29.1 Å². The summed E-state index contributed by atoms with van der Waals surface area (Å²) in [6.07, 6.45) is 2.59. The van der Waals surface area contributed by atoms with Crippen LogP contribution < -0.4 is 0 Å². The van der Waals surface area contributed by atoms with Gasteiger partial charge in [0, 0.05) is 12.0 Å². The first kappa shape index (κ1) is 20.0. The quantitative estimate of drug-likeness (QED) is 0.250. The second-order valence-corrected chi connectivity index (χ2v) is 5.80. The molecule has 0 amide bonds. The van der Waals surface area contributed by atoms with E-state index in [2.05, 4.69) is 18.2 Å². The zero-order valence-corrected chi connectivity index (χ0v) is 14.6. The van der Waals surface area contributed by atoms with Crippen molar-refractivity contribution in [2.75, 3.05) is 6.61 Å². The van der Waals surface area contributed by atoms with E-state index in [1.807, 2.05) is 6.07 Å². The number of esters is 1. The van der Waals surface area contributed by atoms with Crippen LogP contribution in [0, 0.1) is 17.1 Å². The third-order valence-electron chi connectivity index (χ3n) is 2.98. The molecule has 7 heteroatoms. The molecule has 0 N–H and O–H groups in total. The number of carbonyl (C=O) groups excluding carboxylic acids is 1. The summed E-state index contributed by atoms with van der Waals surface area (Å²) >= 11 is 3.88. The van der Waals surface area contributed by atoms with Crippen molar-refractivity contribution in [3.8, 4) is 6.07 Å². The van der Waals surface area contributed by atoms with Gasteiger partial charge in [-0.3, -0.25) is 0 Å². The van der Waals surface area contributed by atoms with Crippen LogP contribution in [-0.4, -0.2) is 12.6 Å². The number of nitrogens with zero attached hydrogens (tertiary/aromatic N) is 1. The predicted octanol–water partition coefficient (Wildman–Crippen LogP) is 4.67. The number of thiol groups is 1. The molecule has 0 aliphatic rings. The Kier molecular flexibility index (Phi) is 8.30. The Morgan fingerprint density at radius 1 is 1.54 bits per heavy atom. The molecular formula is C17H15F2NO2S2. The zero-order chi connectivity index (χ0) is 18.1. The maximum atomic E-state index is 13.8. The van der Waals surface area contributed by atoms with E-state index < -0.39 is 17.6 Å². The van der Waals surface area contributed by atoms with Crippen LogP contribution in [0.1, 0.15) is 18.1 Å². The molecule has 0 fully saturated rings. The van der Waals surface area contributed by atoms with Gasteiger partial charge in [-0.25, -0.2) is 13.6 Å². The van der Waals surface area contributed by atoms with Crippen LogP contribution in [0.15, 0.2) is 53.2 Å². The fourth-order valence-corrected chi connectivity index (χ4v) is 2.44. The average molecular weight is 367 g/mol.